The predicted octanol–water partition coefficient (Wildman–Crippen LogP) is 4.58. The third-order valence-corrected chi connectivity index (χ3v) is 4.14. The minimum atomic E-state index is 0.870. The van der Waals surface area contributed by atoms with E-state index in [0.717, 1.165) is 117 Å². The second-order valence-corrected chi connectivity index (χ2v) is 7.03. The summed E-state index contributed by atoms with van der Waals surface area (Å²) in [6, 6.07) is 0. The van der Waals surface area contributed by atoms with Gasteiger partial charge in [0.2, 0.25) is 0 Å². The van der Waals surface area contributed by atoms with Crippen LogP contribution in [0.5, 0.6) is 0 Å². The lowest BCUT2D eigenvalue weighted by Gasteiger charge is -2.07. The quantitative estimate of drug-likeness (QED) is 0.245. The fraction of sp³-hybridized carbons (Fsp3) is 1.00. The van der Waals surface area contributed by atoms with Gasteiger partial charge in [0.25, 0.3) is 0 Å². The Kier molecular flexibility index (Phi) is 25.6. The number of rotatable bonds is 24. The molecular formula is C22H47NO4. The van der Waals surface area contributed by atoms with E-state index in [4.69, 9.17) is 18.9 Å². The van der Waals surface area contributed by atoms with Crippen molar-refractivity contribution in [2.45, 2.75) is 78.1 Å². The molecular weight excluding hydrogens is 342 g/mol. The Morgan fingerprint density at radius 1 is 0.407 bits per heavy atom. The third kappa shape index (κ3) is 25.8. The first-order valence-corrected chi connectivity index (χ1v) is 11.4. The van der Waals surface area contributed by atoms with Gasteiger partial charge >= 0.3 is 0 Å². The zero-order chi connectivity index (χ0) is 19.7. The van der Waals surface area contributed by atoms with Crippen molar-refractivity contribution >= 4 is 0 Å². The van der Waals surface area contributed by atoms with Gasteiger partial charge in [-0.05, 0) is 77.3 Å². The van der Waals surface area contributed by atoms with E-state index in [1.54, 1.807) is 0 Å². The van der Waals surface area contributed by atoms with Crippen molar-refractivity contribution in [1.82, 2.24) is 5.32 Å². The van der Waals surface area contributed by atoms with Crippen LogP contribution < -0.4 is 5.32 Å². The van der Waals surface area contributed by atoms with Gasteiger partial charge in [-0.2, -0.15) is 0 Å². The maximum absolute atomic E-state index is 5.65. The monoisotopic (exact) mass is 389 g/mol. The Morgan fingerprint density at radius 3 is 1.04 bits per heavy atom. The predicted molar refractivity (Wildman–Crippen MR) is 114 cm³/mol. The fourth-order valence-corrected chi connectivity index (χ4v) is 2.55. The van der Waals surface area contributed by atoms with Crippen molar-refractivity contribution in [1.29, 1.82) is 0 Å². The van der Waals surface area contributed by atoms with E-state index in [9.17, 15) is 0 Å². The van der Waals surface area contributed by atoms with Gasteiger partial charge in [0.15, 0.2) is 0 Å². The number of hydrogen-bond acceptors (Lipinski definition) is 5. The van der Waals surface area contributed by atoms with Crippen molar-refractivity contribution in [2.75, 3.05) is 65.9 Å². The maximum atomic E-state index is 5.65. The van der Waals surface area contributed by atoms with Crippen molar-refractivity contribution in [3.05, 3.63) is 0 Å². The summed E-state index contributed by atoms with van der Waals surface area (Å²) in [4.78, 5) is 0. The molecule has 0 aliphatic heterocycles. The largest absolute Gasteiger partial charge is 0.381 e. The van der Waals surface area contributed by atoms with Gasteiger partial charge in [-0.1, -0.05) is 13.8 Å². The van der Waals surface area contributed by atoms with Gasteiger partial charge in [-0.15, -0.1) is 0 Å². The zero-order valence-electron chi connectivity index (χ0n) is 18.3. The lowest BCUT2D eigenvalue weighted by Crippen LogP contribution is -2.17. The third-order valence-electron chi connectivity index (χ3n) is 4.14. The summed E-state index contributed by atoms with van der Waals surface area (Å²) in [5.74, 6) is 0. The summed E-state index contributed by atoms with van der Waals surface area (Å²) in [5, 5.41) is 3.50. The molecule has 27 heavy (non-hydrogen) atoms. The molecule has 0 unspecified atom stereocenters. The molecule has 1 N–H and O–H groups in total. The first-order chi connectivity index (χ1) is 13.4. The Hall–Kier alpha value is -0.200. The minimum Gasteiger partial charge on any atom is -0.381 e. The van der Waals surface area contributed by atoms with Gasteiger partial charge in [0.1, 0.15) is 0 Å². The number of nitrogens with one attached hydrogen (secondary N) is 1. The van der Waals surface area contributed by atoms with Crippen molar-refractivity contribution in [2.24, 2.45) is 0 Å². The Bertz CT molecular complexity index is 230. The van der Waals surface area contributed by atoms with Gasteiger partial charge < -0.3 is 24.3 Å². The highest BCUT2D eigenvalue weighted by atomic mass is 16.5. The van der Waals surface area contributed by atoms with Crippen LogP contribution in [0.4, 0.5) is 0 Å². The van der Waals surface area contributed by atoms with Gasteiger partial charge in [-0.25, -0.2) is 0 Å². The van der Waals surface area contributed by atoms with Gasteiger partial charge in [0.05, 0.1) is 0 Å². The van der Waals surface area contributed by atoms with Crippen molar-refractivity contribution in [3.63, 3.8) is 0 Å². The molecule has 0 fully saturated rings. The van der Waals surface area contributed by atoms with E-state index in [0.29, 0.717) is 0 Å². The lowest BCUT2D eigenvalue weighted by molar-refractivity contribution is 0.101. The normalized spacial score (nSPS) is 11.3. The molecule has 0 aliphatic rings. The highest BCUT2D eigenvalue weighted by Crippen LogP contribution is 1.96. The molecule has 0 rings (SSSR count). The highest BCUT2D eigenvalue weighted by molar-refractivity contribution is 4.50. The molecule has 164 valence electrons. The minimum absolute atomic E-state index is 0.870. The lowest BCUT2D eigenvalue weighted by atomic mass is 10.3. The summed E-state index contributed by atoms with van der Waals surface area (Å²) in [7, 11) is 0. The fourth-order valence-electron chi connectivity index (χ4n) is 2.55. The van der Waals surface area contributed by atoms with Crippen LogP contribution in [-0.2, 0) is 18.9 Å². The second kappa shape index (κ2) is 25.8. The van der Waals surface area contributed by atoms with Crippen LogP contribution in [0.1, 0.15) is 78.1 Å². The van der Waals surface area contributed by atoms with E-state index < -0.39 is 0 Å². The Labute approximate surface area is 168 Å². The number of hydrogen-bond donors (Lipinski definition) is 1. The molecule has 5 nitrogen and oxygen atoms in total. The molecule has 0 spiro atoms. The van der Waals surface area contributed by atoms with Gasteiger partial charge in [0, 0.05) is 52.9 Å². The molecule has 0 atom stereocenters. The second-order valence-electron chi connectivity index (χ2n) is 7.03. The van der Waals surface area contributed by atoms with Crippen LogP contribution in [0.3, 0.4) is 0 Å². The average molecular weight is 390 g/mol. The molecule has 0 radical (unpaired) electrons. The van der Waals surface area contributed by atoms with Crippen molar-refractivity contribution in [3.8, 4) is 0 Å². The first-order valence-electron chi connectivity index (χ1n) is 11.4. The van der Waals surface area contributed by atoms with Crippen LogP contribution >= 0.6 is 0 Å². The molecule has 0 aromatic heterocycles. The van der Waals surface area contributed by atoms with E-state index in [-0.39, 0.29) is 0 Å². The SMILES string of the molecule is CCCOCCCCOCCCCNCCCCOCCCCOCCC. The van der Waals surface area contributed by atoms with Crippen LogP contribution in [-0.4, -0.2) is 65.9 Å². The van der Waals surface area contributed by atoms with E-state index in [1.807, 2.05) is 0 Å². The summed E-state index contributed by atoms with van der Waals surface area (Å²) in [6.07, 6.45) is 11.3. The maximum Gasteiger partial charge on any atom is 0.0466 e. The summed E-state index contributed by atoms with van der Waals surface area (Å²) in [6.45, 7) is 13.5. The standard InChI is InChI=1S/C22H47NO4/c1-3-15-24-19-9-11-21-26-17-7-5-13-23-14-6-8-18-27-22-12-10-20-25-16-4-2/h23H,3-22H2,1-2H3. The van der Waals surface area contributed by atoms with Crippen LogP contribution in [0.25, 0.3) is 0 Å². The summed E-state index contributed by atoms with van der Waals surface area (Å²) >= 11 is 0. The van der Waals surface area contributed by atoms with Crippen LogP contribution in [0.2, 0.25) is 0 Å². The van der Waals surface area contributed by atoms with Crippen LogP contribution in [0.15, 0.2) is 0 Å². The first kappa shape index (κ1) is 26.8. The Morgan fingerprint density at radius 2 is 0.704 bits per heavy atom. The topological polar surface area (TPSA) is 49.0 Å². The molecule has 0 aromatic carbocycles. The summed E-state index contributed by atoms with van der Waals surface area (Å²) in [5.41, 5.74) is 0. The molecule has 0 heterocycles. The highest BCUT2D eigenvalue weighted by Gasteiger charge is 1.94. The Balaban J connectivity index is 2.95. The summed E-state index contributed by atoms with van der Waals surface area (Å²) < 4.78 is 22.2. The molecule has 0 aromatic rings. The zero-order valence-corrected chi connectivity index (χ0v) is 18.3. The molecule has 5 heteroatoms. The molecule has 0 saturated heterocycles. The number of ether oxygens (including phenoxy) is 4. The molecule has 0 amide bonds. The molecule has 0 bridgehead atoms. The van der Waals surface area contributed by atoms with Crippen LogP contribution in [0, 0.1) is 0 Å². The molecule has 0 aliphatic carbocycles. The smallest absolute Gasteiger partial charge is 0.0466 e. The van der Waals surface area contributed by atoms with Crippen molar-refractivity contribution < 1.29 is 18.9 Å². The average Bonchev–Trinajstić information content (AvgIpc) is 2.68. The van der Waals surface area contributed by atoms with E-state index >= 15 is 0 Å². The van der Waals surface area contributed by atoms with E-state index in [2.05, 4.69) is 19.2 Å². The van der Waals surface area contributed by atoms with Gasteiger partial charge in [-0.3, -0.25) is 0 Å². The van der Waals surface area contributed by atoms with E-state index in [1.165, 1.54) is 12.8 Å². The molecule has 0 saturated carbocycles. The number of unbranched alkanes of at least 4 members (excludes halogenated alkanes) is 4.